The van der Waals surface area contributed by atoms with Crippen molar-refractivity contribution in [2.24, 2.45) is 11.8 Å². The molecule has 0 radical (unpaired) electrons. The second-order valence-electron chi connectivity index (χ2n) is 7.84. The number of rotatable bonds is 4. The van der Waals surface area contributed by atoms with Gasteiger partial charge in [0.15, 0.2) is 0 Å². The summed E-state index contributed by atoms with van der Waals surface area (Å²) >= 11 is 0. The van der Waals surface area contributed by atoms with Crippen molar-refractivity contribution in [2.45, 2.75) is 51.0 Å². The molecule has 2 aliphatic rings. The van der Waals surface area contributed by atoms with Crippen molar-refractivity contribution in [1.82, 2.24) is 9.62 Å². The Morgan fingerprint density at radius 1 is 1.19 bits per heavy atom. The molecule has 1 saturated carbocycles. The number of benzene rings is 1. The summed E-state index contributed by atoms with van der Waals surface area (Å²) in [6, 6.07) is 5.09. The Kier molecular flexibility index (Phi) is 6.23. The summed E-state index contributed by atoms with van der Waals surface area (Å²) in [6.07, 6.45) is 3.28. The number of aryl methyl sites for hydroxylation is 1. The molecule has 6 nitrogen and oxygen atoms in total. The lowest BCUT2D eigenvalue weighted by molar-refractivity contribution is 0.0730. The second-order valence-corrected chi connectivity index (χ2v) is 9.75. The Balaban J connectivity index is 1.81. The molecule has 1 saturated heterocycles. The van der Waals surface area contributed by atoms with E-state index in [0.29, 0.717) is 49.3 Å². The number of hydrogen-bond acceptors (Lipinski definition) is 4. The molecule has 0 spiro atoms. The molecule has 2 fully saturated rings. The van der Waals surface area contributed by atoms with Gasteiger partial charge in [0.1, 0.15) is 0 Å². The highest BCUT2D eigenvalue weighted by Gasteiger charge is 2.30. The Morgan fingerprint density at radius 3 is 2.59 bits per heavy atom. The van der Waals surface area contributed by atoms with Crippen LogP contribution in [0.1, 0.15) is 49.0 Å². The predicted octanol–water partition coefficient (Wildman–Crippen LogP) is 2.57. The molecule has 1 amide bonds. The van der Waals surface area contributed by atoms with Gasteiger partial charge < -0.3 is 10.1 Å². The molecule has 1 aromatic rings. The van der Waals surface area contributed by atoms with Crippen LogP contribution < -0.4 is 5.32 Å². The van der Waals surface area contributed by atoms with Gasteiger partial charge in [-0.15, -0.1) is 0 Å². The average molecular weight is 395 g/mol. The minimum atomic E-state index is -3.63. The minimum Gasteiger partial charge on any atom is -0.379 e. The van der Waals surface area contributed by atoms with Crippen LogP contribution in [-0.4, -0.2) is 51.0 Å². The van der Waals surface area contributed by atoms with Crippen LogP contribution in [-0.2, 0) is 14.8 Å². The monoisotopic (exact) mass is 394 g/mol. The van der Waals surface area contributed by atoms with Gasteiger partial charge in [0, 0.05) is 24.7 Å². The summed E-state index contributed by atoms with van der Waals surface area (Å²) in [5, 5.41) is 3.13. The molecule has 27 heavy (non-hydrogen) atoms. The first-order valence-corrected chi connectivity index (χ1v) is 11.2. The van der Waals surface area contributed by atoms with E-state index in [0.717, 1.165) is 12.8 Å². The molecule has 1 heterocycles. The van der Waals surface area contributed by atoms with E-state index >= 15 is 0 Å². The van der Waals surface area contributed by atoms with Crippen molar-refractivity contribution < 1.29 is 17.9 Å². The van der Waals surface area contributed by atoms with Gasteiger partial charge in [0.25, 0.3) is 5.91 Å². The summed E-state index contributed by atoms with van der Waals surface area (Å²) < 4.78 is 32.7. The molecular formula is C20H30N2O4S. The molecule has 1 aliphatic heterocycles. The quantitative estimate of drug-likeness (QED) is 0.852. The first-order chi connectivity index (χ1) is 12.8. The molecule has 0 bridgehead atoms. The van der Waals surface area contributed by atoms with Crippen molar-refractivity contribution in [3.8, 4) is 0 Å². The normalized spacial score (nSPS) is 27.3. The van der Waals surface area contributed by atoms with E-state index in [1.54, 1.807) is 19.1 Å². The smallest absolute Gasteiger partial charge is 0.251 e. The first kappa shape index (κ1) is 20.3. The molecule has 150 valence electrons. The number of sulfonamides is 1. The molecule has 3 rings (SSSR count). The number of amides is 1. The maximum Gasteiger partial charge on any atom is 0.251 e. The van der Waals surface area contributed by atoms with Crippen LogP contribution in [0.2, 0.25) is 0 Å². The fourth-order valence-corrected chi connectivity index (χ4v) is 5.64. The summed E-state index contributed by atoms with van der Waals surface area (Å²) in [5.74, 6) is 0.809. The Morgan fingerprint density at radius 2 is 1.89 bits per heavy atom. The number of carbonyl (C=O) groups excluding carboxylic acids is 1. The third-order valence-electron chi connectivity index (χ3n) is 6.06. The standard InChI is InChI=1S/C20H30N2O4S/c1-14-5-4-6-18(16(14)3)21-20(23)17-8-7-15(2)19(13-17)27(24,25)22-9-11-26-12-10-22/h7-8,13-14,16,18H,4-6,9-12H2,1-3H3,(H,21,23)/t14-,16-,18+/m0/s1. The zero-order valence-corrected chi connectivity index (χ0v) is 17.2. The molecule has 0 aromatic heterocycles. The van der Waals surface area contributed by atoms with Crippen molar-refractivity contribution in [2.75, 3.05) is 26.3 Å². The third kappa shape index (κ3) is 4.36. The summed E-state index contributed by atoms with van der Waals surface area (Å²) in [7, 11) is -3.63. The van der Waals surface area contributed by atoms with Crippen LogP contribution in [0.25, 0.3) is 0 Å². The SMILES string of the molecule is Cc1ccc(C(=O)N[C@@H]2CCC[C@H](C)[C@@H]2C)cc1S(=O)(=O)N1CCOCC1. The number of morpholine rings is 1. The zero-order valence-electron chi connectivity index (χ0n) is 16.4. The lowest BCUT2D eigenvalue weighted by Gasteiger charge is -2.34. The number of nitrogens with one attached hydrogen (secondary N) is 1. The zero-order chi connectivity index (χ0) is 19.6. The maximum atomic E-state index is 13.0. The summed E-state index contributed by atoms with van der Waals surface area (Å²) in [4.78, 5) is 13.0. The summed E-state index contributed by atoms with van der Waals surface area (Å²) in [6.45, 7) is 7.65. The third-order valence-corrected chi connectivity index (χ3v) is 8.10. The summed E-state index contributed by atoms with van der Waals surface area (Å²) in [5.41, 5.74) is 1.05. The van der Waals surface area contributed by atoms with E-state index in [1.807, 2.05) is 0 Å². The van der Waals surface area contributed by atoms with Crippen LogP contribution in [0.4, 0.5) is 0 Å². The van der Waals surface area contributed by atoms with Crippen molar-refractivity contribution in [3.63, 3.8) is 0 Å². The fraction of sp³-hybridized carbons (Fsp3) is 0.650. The first-order valence-electron chi connectivity index (χ1n) is 9.80. The highest BCUT2D eigenvalue weighted by atomic mass is 32.2. The van der Waals surface area contributed by atoms with Gasteiger partial charge in [-0.1, -0.05) is 32.8 Å². The Bertz CT molecular complexity index is 787. The minimum absolute atomic E-state index is 0.141. The van der Waals surface area contributed by atoms with Gasteiger partial charge >= 0.3 is 0 Å². The van der Waals surface area contributed by atoms with E-state index < -0.39 is 10.0 Å². The van der Waals surface area contributed by atoms with E-state index in [-0.39, 0.29) is 16.8 Å². The molecule has 0 unspecified atom stereocenters. The maximum absolute atomic E-state index is 13.0. The van der Waals surface area contributed by atoms with Gasteiger partial charge in [0.05, 0.1) is 18.1 Å². The average Bonchev–Trinajstić information content (AvgIpc) is 2.66. The van der Waals surface area contributed by atoms with Crippen molar-refractivity contribution in [1.29, 1.82) is 0 Å². The van der Waals surface area contributed by atoms with Crippen LogP contribution >= 0.6 is 0 Å². The van der Waals surface area contributed by atoms with E-state index in [9.17, 15) is 13.2 Å². The number of nitrogens with zero attached hydrogens (tertiary/aromatic N) is 1. The van der Waals surface area contributed by atoms with Gasteiger partial charge in [-0.3, -0.25) is 4.79 Å². The second kappa shape index (κ2) is 8.29. The largest absolute Gasteiger partial charge is 0.379 e. The Hall–Kier alpha value is -1.44. The predicted molar refractivity (Wildman–Crippen MR) is 104 cm³/mol. The highest BCUT2D eigenvalue weighted by Crippen LogP contribution is 2.30. The lowest BCUT2D eigenvalue weighted by Crippen LogP contribution is -2.44. The number of carbonyl (C=O) groups is 1. The van der Waals surface area contributed by atoms with Crippen LogP contribution in [0.15, 0.2) is 23.1 Å². The van der Waals surface area contributed by atoms with Gasteiger partial charge in [0.2, 0.25) is 10.0 Å². The Labute approximate surface area is 162 Å². The lowest BCUT2D eigenvalue weighted by atomic mass is 9.78. The van der Waals surface area contributed by atoms with Crippen molar-refractivity contribution in [3.05, 3.63) is 29.3 Å². The molecular weight excluding hydrogens is 364 g/mol. The topological polar surface area (TPSA) is 75.7 Å². The van der Waals surface area contributed by atoms with E-state index in [4.69, 9.17) is 4.74 Å². The molecule has 1 aliphatic carbocycles. The fourth-order valence-electron chi connectivity index (χ4n) is 3.98. The highest BCUT2D eigenvalue weighted by molar-refractivity contribution is 7.89. The molecule has 7 heteroatoms. The van der Waals surface area contributed by atoms with Crippen LogP contribution in [0.5, 0.6) is 0 Å². The van der Waals surface area contributed by atoms with Crippen LogP contribution in [0, 0.1) is 18.8 Å². The molecule has 1 aromatic carbocycles. The molecule has 3 atom stereocenters. The number of ether oxygens (including phenoxy) is 1. The van der Waals surface area contributed by atoms with Crippen molar-refractivity contribution >= 4 is 15.9 Å². The van der Waals surface area contributed by atoms with Gasteiger partial charge in [-0.2, -0.15) is 4.31 Å². The van der Waals surface area contributed by atoms with Gasteiger partial charge in [-0.05, 0) is 42.9 Å². The van der Waals surface area contributed by atoms with Crippen LogP contribution in [0.3, 0.4) is 0 Å². The number of hydrogen-bond donors (Lipinski definition) is 1. The molecule has 1 N–H and O–H groups in total. The van der Waals surface area contributed by atoms with E-state index in [2.05, 4.69) is 19.2 Å². The van der Waals surface area contributed by atoms with Gasteiger partial charge in [-0.25, -0.2) is 8.42 Å². The van der Waals surface area contributed by atoms with E-state index in [1.165, 1.54) is 16.8 Å².